The molecule has 0 aliphatic heterocycles. The Morgan fingerprint density at radius 1 is 0.667 bits per heavy atom. The van der Waals surface area contributed by atoms with Crippen LogP contribution < -0.4 is 0 Å². The lowest BCUT2D eigenvalue weighted by Gasteiger charge is -2.60. The first-order chi connectivity index (χ1) is 9.68. The number of rotatable bonds is 2. The van der Waals surface area contributed by atoms with Crippen LogP contribution in [0.4, 0.5) is 0 Å². The molecule has 0 amide bonds. The number of aliphatic hydroxyl groups excluding tert-OH is 2. The molecule has 2 bridgehead atoms. The second kappa shape index (κ2) is 3.23. The topological polar surface area (TPSA) is 58.9 Å². The third-order valence-corrected chi connectivity index (χ3v) is 10.8. The van der Waals surface area contributed by atoms with Gasteiger partial charge in [0.2, 0.25) is 5.79 Å². The monoisotopic (exact) mass is 374 g/mol. The molecule has 5 fully saturated rings. The Bertz CT molecular complexity index is 541. The number of alkyl halides is 4. The Balaban J connectivity index is 1.94. The van der Waals surface area contributed by atoms with E-state index in [1.165, 1.54) is 14.2 Å². The normalized spacial score (nSPS) is 74.3. The summed E-state index contributed by atoms with van der Waals surface area (Å²) in [7, 11) is 2.89. The quantitative estimate of drug-likeness (QED) is 0.561. The number of fused-ring (bicyclic) bond motifs is 2. The van der Waals surface area contributed by atoms with Gasteiger partial charge in [0.1, 0.15) is 9.75 Å². The fourth-order valence-electron chi connectivity index (χ4n) is 6.98. The molecule has 5 rings (SSSR count). The highest BCUT2D eigenvalue weighted by Crippen LogP contribution is 2.97. The second-order valence-electron chi connectivity index (χ2n) is 6.96. The summed E-state index contributed by atoms with van der Waals surface area (Å²) in [4.78, 5) is -4.90. The number of hydrogen-bond donors (Lipinski definition) is 2. The summed E-state index contributed by atoms with van der Waals surface area (Å²) < 4.78 is 11.3. The van der Waals surface area contributed by atoms with Crippen LogP contribution in [-0.4, -0.2) is 61.9 Å². The van der Waals surface area contributed by atoms with Crippen LogP contribution in [0.3, 0.4) is 0 Å². The van der Waals surface area contributed by atoms with Crippen LogP contribution in [0, 0.1) is 23.7 Å². The van der Waals surface area contributed by atoms with E-state index in [0.717, 1.165) is 0 Å². The van der Waals surface area contributed by atoms with E-state index in [4.69, 9.17) is 55.9 Å². The zero-order chi connectivity index (χ0) is 15.4. The molecule has 21 heavy (non-hydrogen) atoms. The largest absolute Gasteiger partial charge is 0.392 e. The fourth-order valence-corrected chi connectivity index (χ4v) is 10.4. The van der Waals surface area contributed by atoms with Gasteiger partial charge in [0.25, 0.3) is 0 Å². The third kappa shape index (κ3) is 0.758. The van der Waals surface area contributed by atoms with E-state index in [-0.39, 0.29) is 0 Å². The lowest BCUT2D eigenvalue weighted by Crippen LogP contribution is -2.74. The number of ether oxygens (including phenoxy) is 2. The van der Waals surface area contributed by atoms with E-state index in [2.05, 4.69) is 0 Å². The van der Waals surface area contributed by atoms with Gasteiger partial charge in [-0.25, -0.2) is 0 Å². The summed E-state index contributed by atoms with van der Waals surface area (Å²) in [6, 6.07) is 0. The Hall–Kier alpha value is 1.00. The SMILES string of the molecule is COC1(OC)C2(Cl)C3C(O)C4C5C(O)C3C1(Cl)C5(Cl)C42Cl. The first-order valence-electron chi connectivity index (χ1n) is 6.90. The third-order valence-electron chi connectivity index (χ3n) is 7.20. The van der Waals surface area contributed by atoms with Gasteiger partial charge in [-0.3, -0.25) is 0 Å². The molecular formula is C13H14Cl4O4. The minimum Gasteiger partial charge on any atom is -0.392 e. The summed E-state index contributed by atoms with van der Waals surface area (Å²) in [6.07, 6.45) is -1.53. The molecule has 8 heteroatoms. The van der Waals surface area contributed by atoms with Crippen molar-refractivity contribution >= 4 is 46.4 Å². The van der Waals surface area contributed by atoms with E-state index in [1.807, 2.05) is 0 Å². The smallest absolute Gasteiger partial charge is 0.211 e. The predicted molar refractivity (Wildman–Crippen MR) is 77.1 cm³/mol. The Labute approximate surface area is 141 Å². The van der Waals surface area contributed by atoms with Crippen molar-refractivity contribution in [3.8, 4) is 0 Å². The van der Waals surface area contributed by atoms with Crippen LogP contribution in [0.15, 0.2) is 0 Å². The first-order valence-corrected chi connectivity index (χ1v) is 8.41. The highest BCUT2D eigenvalue weighted by atomic mass is 35.5. The van der Waals surface area contributed by atoms with Crippen molar-refractivity contribution in [1.29, 1.82) is 0 Å². The number of methoxy groups -OCH3 is 2. The zero-order valence-electron chi connectivity index (χ0n) is 11.2. The molecule has 0 heterocycles. The summed E-state index contributed by atoms with van der Waals surface area (Å²) in [6.45, 7) is 0. The molecule has 0 spiro atoms. The predicted octanol–water partition coefficient (Wildman–Crippen LogP) is 1.14. The second-order valence-corrected chi connectivity index (χ2v) is 9.34. The average molecular weight is 376 g/mol. The molecule has 118 valence electrons. The maximum atomic E-state index is 10.7. The van der Waals surface area contributed by atoms with Crippen molar-refractivity contribution < 1.29 is 19.7 Å². The molecule has 2 N–H and O–H groups in total. The summed E-state index contributed by atoms with van der Waals surface area (Å²) >= 11 is 27.8. The Morgan fingerprint density at radius 2 is 0.952 bits per heavy atom. The molecule has 5 aliphatic rings. The minimum atomic E-state index is -1.45. The number of hydrogen-bond acceptors (Lipinski definition) is 4. The molecule has 10 atom stereocenters. The minimum absolute atomic E-state index is 0.404. The Kier molecular flexibility index (Phi) is 2.21. The zero-order valence-corrected chi connectivity index (χ0v) is 14.2. The van der Waals surface area contributed by atoms with Gasteiger partial charge >= 0.3 is 0 Å². The average Bonchev–Trinajstić information content (AvgIpc) is 2.73. The summed E-state index contributed by atoms with van der Waals surface area (Å²) in [5, 5.41) is 21.4. The maximum Gasteiger partial charge on any atom is 0.211 e. The molecule has 0 aromatic rings. The molecule has 0 radical (unpaired) electrons. The van der Waals surface area contributed by atoms with Gasteiger partial charge in [-0.1, -0.05) is 0 Å². The van der Waals surface area contributed by atoms with Gasteiger partial charge in [-0.05, 0) is 0 Å². The van der Waals surface area contributed by atoms with E-state index >= 15 is 0 Å². The number of aliphatic hydroxyl groups is 2. The molecule has 0 saturated heterocycles. The summed E-state index contributed by atoms with van der Waals surface area (Å²) in [5.41, 5.74) is 0. The van der Waals surface area contributed by atoms with Crippen molar-refractivity contribution in [3.63, 3.8) is 0 Å². The van der Waals surface area contributed by atoms with Crippen LogP contribution >= 0.6 is 46.4 Å². The van der Waals surface area contributed by atoms with Crippen LogP contribution in [-0.2, 0) is 9.47 Å². The molecule has 5 saturated carbocycles. The van der Waals surface area contributed by atoms with Gasteiger partial charge in [0, 0.05) is 37.9 Å². The van der Waals surface area contributed by atoms with Crippen molar-refractivity contribution in [2.75, 3.05) is 14.2 Å². The van der Waals surface area contributed by atoms with Gasteiger partial charge in [0.15, 0.2) is 0 Å². The number of halogens is 4. The highest BCUT2D eigenvalue weighted by molar-refractivity contribution is 6.51. The molecule has 0 aromatic carbocycles. The molecule has 0 aromatic heterocycles. The molecule has 4 nitrogen and oxygen atoms in total. The van der Waals surface area contributed by atoms with Crippen LogP contribution in [0.1, 0.15) is 0 Å². The van der Waals surface area contributed by atoms with Crippen molar-refractivity contribution in [2.45, 2.75) is 37.5 Å². The molecular weight excluding hydrogens is 362 g/mol. The van der Waals surface area contributed by atoms with Crippen molar-refractivity contribution in [2.24, 2.45) is 23.7 Å². The van der Waals surface area contributed by atoms with Gasteiger partial charge in [0.05, 0.1) is 22.0 Å². The summed E-state index contributed by atoms with van der Waals surface area (Å²) in [5.74, 6) is -3.29. The standard InChI is InChI=1S/C13H14Cl4O4/c1-20-13(21-2)11(16)5-6-8(19)4-3(7(5)18)9(11,14)10(4,15)12(6,13)17/h3-8,18-19H,1-2H3. The van der Waals surface area contributed by atoms with Crippen LogP contribution in [0.5, 0.6) is 0 Å². The van der Waals surface area contributed by atoms with E-state index < -0.39 is 61.2 Å². The van der Waals surface area contributed by atoms with Crippen LogP contribution in [0.2, 0.25) is 0 Å². The van der Waals surface area contributed by atoms with Crippen molar-refractivity contribution in [3.05, 3.63) is 0 Å². The molecule has 5 aliphatic carbocycles. The van der Waals surface area contributed by atoms with Crippen molar-refractivity contribution in [1.82, 2.24) is 0 Å². The van der Waals surface area contributed by atoms with E-state index in [9.17, 15) is 10.2 Å². The van der Waals surface area contributed by atoms with E-state index in [1.54, 1.807) is 0 Å². The highest BCUT2D eigenvalue weighted by Gasteiger charge is 3.11. The van der Waals surface area contributed by atoms with Gasteiger partial charge < -0.3 is 19.7 Å². The fraction of sp³-hybridized carbons (Fsp3) is 1.00. The van der Waals surface area contributed by atoms with Crippen LogP contribution in [0.25, 0.3) is 0 Å². The lowest BCUT2D eigenvalue weighted by atomic mass is 9.57. The maximum absolute atomic E-state index is 10.7. The first kappa shape index (κ1) is 14.4. The van der Waals surface area contributed by atoms with E-state index in [0.29, 0.717) is 0 Å². The molecule has 10 unspecified atom stereocenters. The van der Waals surface area contributed by atoms with Gasteiger partial charge in [-0.2, -0.15) is 0 Å². The van der Waals surface area contributed by atoms with Gasteiger partial charge in [-0.15, -0.1) is 46.4 Å². The lowest BCUT2D eigenvalue weighted by molar-refractivity contribution is -0.225. The Morgan fingerprint density at radius 3 is 1.24 bits per heavy atom.